The van der Waals surface area contributed by atoms with Crippen LogP contribution in [0.1, 0.15) is 16.7 Å². The highest BCUT2D eigenvalue weighted by atomic mass is 32.1. The fourth-order valence-corrected chi connectivity index (χ4v) is 4.85. The fourth-order valence-electron chi connectivity index (χ4n) is 3.23. The van der Waals surface area contributed by atoms with Gasteiger partial charge in [0.25, 0.3) is 0 Å². The third kappa shape index (κ3) is 3.31. The Bertz CT molecular complexity index is 789. The van der Waals surface area contributed by atoms with Gasteiger partial charge in [-0.1, -0.05) is 13.0 Å². The molecular formula is C18H22N4S2. The molecule has 1 saturated heterocycles. The number of nitrogens with zero attached hydrogens (tertiary/aromatic N) is 4. The molecule has 4 nitrogen and oxygen atoms in total. The molecular weight excluding hydrogens is 336 g/mol. The first kappa shape index (κ1) is 16.0. The molecule has 0 amide bonds. The first-order valence-corrected chi connectivity index (χ1v) is 10.3. The maximum Gasteiger partial charge on any atom is 0.140 e. The molecule has 3 aromatic heterocycles. The topological polar surface area (TPSA) is 32.3 Å². The van der Waals surface area contributed by atoms with E-state index in [0.29, 0.717) is 0 Å². The number of aromatic nitrogens is 2. The fraction of sp³-hybridized carbons (Fsp3) is 0.444. The van der Waals surface area contributed by atoms with E-state index in [9.17, 15) is 0 Å². The quantitative estimate of drug-likeness (QED) is 0.696. The van der Waals surface area contributed by atoms with Crippen molar-refractivity contribution in [1.82, 2.24) is 14.9 Å². The molecule has 4 rings (SSSR count). The molecule has 0 aliphatic carbocycles. The lowest BCUT2D eigenvalue weighted by atomic mass is 10.2. The summed E-state index contributed by atoms with van der Waals surface area (Å²) in [7, 11) is 0. The number of piperazine rings is 1. The van der Waals surface area contributed by atoms with Gasteiger partial charge in [-0.15, -0.1) is 22.7 Å². The van der Waals surface area contributed by atoms with Crippen molar-refractivity contribution in [2.45, 2.75) is 19.8 Å². The Balaban J connectivity index is 1.41. The van der Waals surface area contributed by atoms with Crippen LogP contribution in [0.2, 0.25) is 0 Å². The van der Waals surface area contributed by atoms with Crippen molar-refractivity contribution < 1.29 is 0 Å². The molecule has 1 aliphatic rings. The zero-order chi connectivity index (χ0) is 16.4. The van der Waals surface area contributed by atoms with E-state index in [1.807, 2.05) is 11.3 Å². The predicted octanol–water partition coefficient (Wildman–Crippen LogP) is 3.68. The minimum Gasteiger partial charge on any atom is -0.353 e. The van der Waals surface area contributed by atoms with E-state index in [0.717, 1.165) is 49.8 Å². The Hall–Kier alpha value is -1.50. The highest BCUT2D eigenvalue weighted by Crippen LogP contribution is 2.30. The number of fused-ring (bicyclic) bond motifs is 1. The van der Waals surface area contributed by atoms with Crippen molar-refractivity contribution in [2.24, 2.45) is 0 Å². The zero-order valence-corrected chi connectivity index (χ0v) is 15.6. The highest BCUT2D eigenvalue weighted by Gasteiger charge is 2.20. The summed E-state index contributed by atoms with van der Waals surface area (Å²) in [6, 6.07) is 6.66. The van der Waals surface area contributed by atoms with Gasteiger partial charge in [-0.25, -0.2) is 9.97 Å². The van der Waals surface area contributed by atoms with Gasteiger partial charge in [0.2, 0.25) is 0 Å². The van der Waals surface area contributed by atoms with Crippen LogP contribution in [0.15, 0.2) is 29.9 Å². The van der Waals surface area contributed by atoms with Crippen molar-refractivity contribution in [3.63, 3.8) is 0 Å². The predicted molar refractivity (Wildman–Crippen MR) is 103 cm³/mol. The maximum absolute atomic E-state index is 4.59. The second-order valence-corrected chi connectivity index (χ2v) is 8.29. The van der Waals surface area contributed by atoms with E-state index in [2.05, 4.69) is 50.3 Å². The van der Waals surface area contributed by atoms with Crippen molar-refractivity contribution in [1.29, 1.82) is 0 Å². The maximum atomic E-state index is 4.59. The van der Waals surface area contributed by atoms with Gasteiger partial charge in [-0.05, 0) is 30.4 Å². The summed E-state index contributed by atoms with van der Waals surface area (Å²) in [6.07, 6.45) is 3.95. The van der Waals surface area contributed by atoms with E-state index in [-0.39, 0.29) is 0 Å². The summed E-state index contributed by atoms with van der Waals surface area (Å²) in [5.41, 5.74) is 0. The van der Waals surface area contributed by atoms with E-state index >= 15 is 0 Å². The number of thiophene rings is 2. The van der Waals surface area contributed by atoms with Gasteiger partial charge < -0.3 is 4.90 Å². The van der Waals surface area contributed by atoms with Crippen LogP contribution in [0.4, 0.5) is 5.82 Å². The summed E-state index contributed by atoms with van der Waals surface area (Å²) >= 11 is 3.66. The lowest BCUT2D eigenvalue weighted by molar-refractivity contribution is 0.261. The summed E-state index contributed by atoms with van der Waals surface area (Å²) < 4.78 is 0. The molecule has 1 aliphatic heterocycles. The van der Waals surface area contributed by atoms with Crippen molar-refractivity contribution in [3.05, 3.63) is 39.7 Å². The van der Waals surface area contributed by atoms with Crippen LogP contribution in [-0.4, -0.2) is 47.6 Å². The molecule has 126 valence electrons. The van der Waals surface area contributed by atoms with Crippen molar-refractivity contribution in [2.75, 3.05) is 37.6 Å². The normalized spacial score (nSPS) is 16.1. The van der Waals surface area contributed by atoms with Gasteiger partial charge in [0.05, 0.1) is 5.39 Å². The molecule has 0 saturated carbocycles. The Morgan fingerprint density at radius 1 is 1.12 bits per heavy atom. The van der Waals surface area contributed by atoms with Crippen LogP contribution < -0.4 is 4.90 Å². The van der Waals surface area contributed by atoms with Crippen LogP contribution in [0.25, 0.3) is 10.2 Å². The minimum atomic E-state index is 1.05. The monoisotopic (exact) mass is 358 g/mol. The molecule has 24 heavy (non-hydrogen) atoms. The molecule has 0 bridgehead atoms. The van der Waals surface area contributed by atoms with Crippen molar-refractivity contribution >= 4 is 38.7 Å². The van der Waals surface area contributed by atoms with Crippen LogP contribution in [0.5, 0.6) is 0 Å². The Kier molecular flexibility index (Phi) is 4.78. The molecule has 0 unspecified atom stereocenters. The first-order chi connectivity index (χ1) is 11.8. The third-order valence-corrected chi connectivity index (χ3v) is 6.76. The van der Waals surface area contributed by atoms with Crippen LogP contribution in [0, 0.1) is 0 Å². The van der Waals surface area contributed by atoms with Crippen LogP contribution in [0.3, 0.4) is 0 Å². The number of rotatable bonds is 5. The Morgan fingerprint density at radius 3 is 2.75 bits per heavy atom. The second kappa shape index (κ2) is 7.17. The van der Waals surface area contributed by atoms with Gasteiger partial charge in [0, 0.05) is 42.5 Å². The first-order valence-electron chi connectivity index (χ1n) is 8.56. The van der Waals surface area contributed by atoms with E-state index < -0.39 is 0 Å². The number of aryl methyl sites for hydroxylation is 1. The molecule has 0 spiro atoms. The molecule has 0 atom stereocenters. The average molecular weight is 359 g/mol. The SMILES string of the molecule is CCc1cc2c(N3CCN(CCc4cccs4)CC3)ncnc2s1. The van der Waals surface area contributed by atoms with Crippen LogP contribution >= 0.6 is 22.7 Å². The summed E-state index contributed by atoms with van der Waals surface area (Å²) in [4.78, 5) is 18.0. The summed E-state index contributed by atoms with van der Waals surface area (Å²) in [5, 5.41) is 3.39. The average Bonchev–Trinajstić information content (AvgIpc) is 3.29. The highest BCUT2D eigenvalue weighted by molar-refractivity contribution is 7.18. The van der Waals surface area contributed by atoms with Gasteiger partial charge in [0.15, 0.2) is 0 Å². The number of anilines is 1. The van der Waals surface area contributed by atoms with Crippen LogP contribution in [-0.2, 0) is 12.8 Å². The van der Waals surface area contributed by atoms with E-state index in [1.54, 1.807) is 17.7 Å². The standard InChI is InChI=1S/C18H22N4S2/c1-2-14-12-16-17(19-13-20-18(16)24-14)22-9-7-21(8-10-22)6-5-15-4-3-11-23-15/h3-4,11-13H,2,5-10H2,1H3. The molecule has 1 fully saturated rings. The Morgan fingerprint density at radius 2 is 2.00 bits per heavy atom. The number of hydrogen-bond acceptors (Lipinski definition) is 6. The van der Waals surface area contributed by atoms with Gasteiger partial charge in [0.1, 0.15) is 17.0 Å². The largest absolute Gasteiger partial charge is 0.353 e. The van der Waals surface area contributed by atoms with E-state index in [1.165, 1.54) is 21.6 Å². The van der Waals surface area contributed by atoms with E-state index in [4.69, 9.17) is 0 Å². The molecule has 0 aromatic carbocycles. The van der Waals surface area contributed by atoms with Gasteiger partial charge in [-0.3, -0.25) is 4.90 Å². The molecule has 0 radical (unpaired) electrons. The Labute approximate surface area is 150 Å². The van der Waals surface area contributed by atoms with Gasteiger partial charge in [-0.2, -0.15) is 0 Å². The lowest BCUT2D eigenvalue weighted by Crippen LogP contribution is -2.47. The molecule has 6 heteroatoms. The lowest BCUT2D eigenvalue weighted by Gasteiger charge is -2.35. The smallest absolute Gasteiger partial charge is 0.140 e. The molecule has 3 aromatic rings. The second-order valence-electron chi connectivity index (χ2n) is 6.14. The molecule has 4 heterocycles. The summed E-state index contributed by atoms with van der Waals surface area (Å²) in [5.74, 6) is 1.12. The number of hydrogen-bond donors (Lipinski definition) is 0. The third-order valence-electron chi connectivity index (χ3n) is 4.63. The minimum absolute atomic E-state index is 1.05. The van der Waals surface area contributed by atoms with Crippen molar-refractivity contribution in [3.8, 4) is 0 Å². The molecule has 0 N–H and O–H groups in total. The summed E-state index contributed by atoms with van der Waals surface area (Å²) in [6.45, 7) is 7.68. The van der Waals surface area contributed by atoms with Gasteiger partial charge >= 0.3 is 0 Å². The zero-order valence-electron chi connectivity index (χ0n) is 13.9.